The van der Waals surface area contributed by atoms with Crippen molar-refractivity contribution in [3.05, 3.63) is 23.8 Å². The van der Waals surface area contributed by atoms with Crippen molar-refractivity contribution in [2.45, 2.75) is 0 Å². The van der Waals surface area contributed by atoms with Gasteiger partial charge in [-0.3, -0.25) is 4.79 Å². The molecule has 0 heterocycles. The van der Waals surface area contributed by atoms with Crippen molar-refractivity contribution < 1.29 is 14.3 Å². The Balaban J connectivity index is 2.73. The fourth-order valence-corrected chi connectivity index (χ4v) is 1.43. The number of carbonyl (C=O) groups excluding carboxylic acids is 2. The largest absolute Gasteiger partial charge is 0.452 e. The average Bonchev–Trinajstić information content (AvgIpc) is 2.34. The van der Waals surface area contributed by atoms with Crippen LogP contribution >= 0.6 is 0 Å². The third kappa shape index (κ3) is 3.87. The molecule has 0 saturated carbocycles. The van der Waals surface area contributed by atoms with Gasteiger partial charge in [0, 0.05) is 28.2 Å². The van der Waals surface area contributed by atoms with Crippen molar-refractivity contribution in [1.29, 1.82) is 0 Å². The Morgan fingerprint density at radius 2 is 1.84 bits per heavy atom. The Bertz CT molecular complexity index is 484. The number of nitrogens with two attached hydrogens (primary N) is 1. The summed E-state index contributed by atoms with van der Waals surface area (Å²) in [6.07, 6.45) is 0. The number of esters is 1. The van der Waals surface area contributed by atoms with Crippen molar-refractivity contribution in [2.75, 3.05) is 45.4 Å². The van der Waals surface area contributed by atoms with Gasteiger partial charge in [-0.25, -0.2) is 4.79 Å². The number of carbonyl (C=O) groups is 2. The number of ether oxygens (including phenoxy) is 1. The van der Waals surface area contributed by atoms with E-state index in [2.05, 4.69) is 0 Å². The molecule has 6 nitrogen and oxygen atoms in total. The number of benzene rings is 1. The molecule has 2 N–H and O–H groups in total. The second-order valence-corrected chi connectivity index (χ2v) is 4.53. The summed E-state index contributed by atoms with van der Waals surface area (Å²) in [7, 11) is 6.92. The van der Waals surface area contributed by atoms with Crippen LogP contribution < -0.4 is 10.6 Å². The number of rotatable bonds is 4. The van der Waals surface area contributed by atoms with Crippen LogP contribution in [-0.4, -0.2) is 51.6 Å². The van der Waals surface area contributed by atoms with Crippen LogP contribution in [0.5, 0.6) is 0 Å². The number of anilines is 2. The van der Waals surface area contributed by atoms with Crippen molar-refractivity contribution in [2.24, 2.45) is 0 Å². The summed E-state index contributed by atoms with van der Waals surface area (Å²) in [4.78, 5) is 26.3. The van der Waals surface area contributed by atoms with Crippen LogP contribution in [0.3, 0.4) is 0 Å². The standard InChI is InChI=1S/C13H19N3O3/c1-15(2)11-6-5-9(7-10(11)14)13(18)19-8-12(17)16(3)4/h5-7H,8,14H2,1-4H3. The quantitative estimate of drug-likeness (QED) is 0.636. The van der Waals surface area contributed by atoms with Gasteiger partial charge in [-0.05, 0) is 18.2 Å². The predicted octanol–water partition coefficient (Wildman–Crippen LogP) is 0.580. The molecule has 0 saturated heterocycles. The molecule has 0 fully saturated rings. The smallest absolute Gasteiger partial charge is 0.338 e. The molecule has 19 heavy (non-hydrogen) atoms. The highest BCUT2D eigenvalue weighted by atomic mass is 16.5. The second-order valence-electron chi connectivity index (χ2n) is 4.53. The number of nitrogen functional groups attached to an aromatic ring is 1. The van der Waals surface area contributed by atoms with E-state index >= 15 is 0 Å². The van der Waals surface area contributed by atoms with Gasteiger partial charge in [-0.1, -0.05) is 0 Å². The Morgan fingerprint density at radius 1 is 1.21 bits per heavy atom. The zero-order chi connectivity index (χ0) is 14.6. The van der Waals surface area contributed by atoms with Gasteiger partial charge in [0.2, 0.25) is 0 Å². The van der Waals surface area contributed by atoms with Crippen molar-refractivity contribution in [3.63, 3.8) is 0 Å². The lowest BCUT2D eigenvalue weighted by molar-refractivity contribution is -0.131. The summed E-state index contributed by atoms with van der Waals surface area (Å²) in [5.74, 6) is -0.835. The zero-order valence-corrected chi connectivity index (χ0v) is 11.6. The molecule has 0 spiro atoms. The van der Waals surface area contributed by atoms with E-state index in [1.807, 2.05) is 19.0 Å². The molecule has 0 radical (unpaired) electrons. The van der Waals surface area contributed by atoms with Crippen LogP contribution in [0.15, 0.2) is 18.2 Å². The molecule has 0 bridgehead atoms. The van der Waals surface area contributed by atoms with Crippen LogP contribution in [0.25, 0.3) is 0 Å². The van der Waals surface area contributed by atoms with Gasteiger partial charge < -0.3 is 20.3 Å². The minimum atomic E-state index is -0.563. The van der Waals surface area contributed by atoms with E-state index < -0.39 is 5.97 Å². The van der Waals surface area contributed by atoms with E-state index in [9.17, 15) is 9.59 Å². The molecule has 0 aliphatic rings. The van der Waals surface area contributed by atoms with Gasteiger partial charge >= 0.3 is 5.97 Å². The number of hydrogen-bond donors (Lipinski definition) is 1. The first-order valence-electron chi connectivity index (χ1n) is 5.77. The average molecular weight is 265 g/mol. The molecule has 104 valence electrons. The molecule has 0 aromatic heterocycles. The van der Waals surface area contributed by atoms with Gasteiger partial charge in [-0.15, -0.1) is 0 Å². The molecule has 1 amide bonds. The van der Waals surface area contributed by atoms with Gasteiger partial charge in [0.1, 0.15) is 0 Å². The highest BCUT2D eigenvalue weighted by Gasteiger charge is 2.13. The SMILES string of the molecule is CN(C)C(=O)COC(=O)c1ccc(N(C)C)c(N)c1. The molecule has 1 rings (SSSR count). The fourth-order valence-electron chi connectivity index (χ4n) is 1.43. The molecule has 1 aromatic rings. The minimum Gasteiger partial charge on any atom is -0.452 e. The Morgan fingerprint density at radius 3 is 2.32 bits per heavy atom. The van der Waals surface area contributed by atoms with Gasteiger partial charge in [0.15, 0.2) is 6.61 Å². The predicted molar refractivity (Wildman–Crippen MR) is 74.2 cm³/mol. The van der Waals surface area contributed by atoms with Crippen LogP contribution in [0, 0.1) is 0 Å². The molecule has 0 aliphatic heterocycles. The highest BCUT2D eigenvalue weighted by Crippen LogP contribution is 2.22. The molecule has 6 heteroatoms. The van der Waals surface area contributed by atoms with Gasteiger partial charge in [0.05, 0.1) is 16.9 Å². The number of nitrogens with zero attached hydrogens (tertiary/aromatic N) is 2. The van der Waals surface area contributed by atoms with E-state index in [0.29, 0.717) is 11.3 Å². The monoisotopic (exact) mass is 265 g/mol. The summed E-state index contributed by atoms with van der Waals surface area (Å²) >= 11 is 0. The van der Waals surface area contributed by atoms with Crippen LogP contribution in [-0.2, 0) is 9.53 Å². The fraction of sp³-hybridized carbons (Fsp3) is 0.385. The number of amides is 1. The lowest BCUT2D eigenvalue weighted by atomic mass is 10.1. The molecule has 1 aromatic carbocycles. The maximum atomic E-state index is 11.7. The summed E-state index contributed by atoms with van der Waals surface area (Å²) in [6, 6.07) is 4.89. The van der Waals surface area contributed by atoms with Gasteiger partial charge in [0.25, 0.3) is 5.91 Å². The molecular formula is C13H19N3O3. The summed E-state index contributed by atoms with van der Waals surface area (Å²) in [5, 5.41) is 0. The lowest BCUT2D eigenvalue weighted by Crippen LogP contribution is -2.27. The topological polar surface area (TPSA) is 75.9 Å². The molecule has 0 atom stereocenters. The molecule has 0 unspecified atom stereocenters. The second kappa shape index (κ2) is 6.08. The van der Waals surface area contributed by atoms with Crippen molar-refractivity contribution in [1.82, 2.24) is 4.90 Å². The Kier molecular flexibility index (Phi) is 4.74. The lowest BCUT2D eigenvalue weighted by Gasteiger charge is -2.16. The van der Waals surface area contributed by atoms with E-state index in [1.165, 1.54) is 11.0 Å². The first-order valence-corrected chi connectivity index (χ1v) is 5.77. The van der Waals surface area contributed by atoms with Crippen molar-refractivity contribution in [3.8, 4) is 0 Å². The number of hydrogen-bond acceptors (Lipinski definition) is 5. The number of likely N-dealkylation sites (N-methyl/N-ethyl adjacent to an activating group) is 1. The Labute approximate surface area is 112 Å². The highest BCUT2D eigenvalue weighted by molar-refractivity contribution is 5.93. The van der Waals surface area contributed by atoms with Crippen LogP contribution in [0.4, 0.5) is 11.4 Å². The summed E-state index contributed by atoms with van der Waals surface area (Å²) < 4.78 is 4.91. The van der Waals surface area contributed by atoms with E-state index in [1.54, 1.807) is 26.2 Å². The van der Waals surface area contributed by atoms with E-state index in [-0.39, 0.29) is 12.5 Å². The summed E-state index contributed by atoms with van der Waals surface area (Å²) in [6.45, 7) is -0.277. The maximum absolute atomic E-state index is 11.7. The van der Waals surface area contributed by atoms with Gasteiger partial charge in [-0.2, -0.15) is 0 Å². The maximum Gasteiger partial charge on any atom is 0.338 e. The van der Waals surface area contributed by atoms with Crippen molar-refractivity contribution >= 4 is 23.3 Å². The first kappa shape index (κ1) is 14.8. The minimum absolute atomic E-state index is 0.272. The van der Waals surface area contributed by atoms with Crippen LogP contribution in [0.1, 0.15) is 10.4 Å². The third-order valence-corrected chi connectivity index (χ3v) is 2.57. The third-order valence-electron chi connectivity index (χ3n) is 2.57. The van der Waals surface area contributed by atoms with E-state index in [4.69, 9.17) is 10.5 Å². The molecular weight excluding hydrogens is 246 g/mol. The normalized spacial score (nSPS) is 9.89. The van der Waals surface area contributed by atoms with Crippen LogP contribution in [0.2, 0.25) is 0 Å². The zero-order valence-electron chi connectivity index (χ0n) is 11.6. The summed E-state index contributed by atoms with van der Waals surface area (Å²) in [5.41, 5.74) is 7.47. The Hall–Kier alpha value is -2.24. The first-order chi connectivity index (χ1) is 8.82. The van der Waals surface area contributed by atoms with E-state index in [0.717, 1.165) is 5.69 Å². The molecule has 0 aliphatic carbocycles.